The highest BCUT2D eigenvalue weighted by Crippen LogP contribution is 2.45. The minimum Gasteiger partial charge on any atom is -0.493 e. The normalized spacial score (nSPS) is 22.5. The molecule has 2 N–H and O–H groups in total. The van der Waals surface area contributed by atoms with Gasteiger partial charge in [-0.3, -0.25) is 19.2 Å². The summed E-state index contributed by atoms with van der Waals surface area (Å²) in [7, 11) is 0. The fraction of sp³-hybridized carbons (Fsp3) is 0.545. The largest absolute Gasteiger partial charge is 0.493 e. The maximum Gasteiger partial charge on any atom is 0.322 e. The molecule has 3 aliphatic rings. The van der Waals surface area contributed by atoms with Crippen LogP contribution in [0.1, 0.15) is 44.1 Å². The van der Waals surface area contributed by atoms with E-state index in [4.69, 9.17) is 9.84 Å². The van der Waals surface area contributed by atoms with E-state index in [2.05, 4.69) is 5.32 Å². The predicted octanol–water partition coefficient (Wildman–Crippen LogP) is 1.52. The molecule has 1 heterocycles. The van der Waals surface area contributed by atoms with Crippen LogP contribution in [0.5, 0.6) is 5.75 Å². The topological polar surface area (TPSA) is 113 Å². The van der Waals surface area contributed by atoms with Gasteiger partial charge in [0, 0.05) is 13.0 Å². The zero-order chi connectivity index (χ0) is 21.3. The second kappa shape index (κ2) is 8.08. The summed E-state index contributed by atoms with van der Waals surface area (Å²) in [6.07, 6.45) is 4.97. The van der Waals surface area contributed by atoms with Crippen molar-refractivity contribution in [3.05, 3.63) is 29.8 Å². The van der Waals surface area contributed by atoms with E-state index in [0.717, 1.165) is 37.2 Å². The molecular formula is C22H26N2O6. The van der Waals surface area contributed by atoms with Crippen molar-refractivity contribution in [1.29, 1.82) is 0 Å². The number of carbonyl (C=O) groups is 4. The van der Waals surface area contributed by atoms with Crippen molar-refractivity contribution >= 4 is 23.6 Å². The number of ketones is 1. The molecule has 2 aliphatic carbocycles. The van der Waals surface area contributed by atoms with Crippen molar-refractivity contribution in [2.45, 2.75) is 50.6 Å². The second-order valence-corrected chi connectivity index (χ2v) is 8.59. The SMILES string of the molecule is O=C(O)CNC(=O)C1C(=O)CC2(CCC2)N(Cc2ccc(OCC3CC3)cc2)C1=O. The Morgan fingerprint density at radius 3 is 2.43 bits per heavy atom. The fourth-order valence-corrected chi connectivity index (χ4v) is 4.22. The van der Waals surface area contributed by atoms with E-state index >= 15 is 0 Å². The van der Waals surface area contributed by atoms with Crippen molar-refractivity contribution in [1.82, 2.24) is 10.2 Å². The van der Waals surface area contributed by atoms with Gasteiger partial charge in [-0.25, -0.2) is 0 Å². The number of benzene rings is 1. The molecule has 1 aromatic rings. The lowest BCUT2D eigenvalue weighted by Crippen LogP contribution is -2.65. The Hall–Kier alpha value is -2.90. The molecule has 0 bridgehead atoms. The van der Waals surface area contributed by atoms with Gasteiger partial charge < -0.3 is 20.1 Å². The maximum atomic E-state index is 13.2. The van der Waals surface area contributed by atoms with Crippen LogP contribution >= 0.6 is 0 Å². The molecule has 1 aliphatic heterocycles. The number of nitrogens with zero attached hydrogens (tertiary/aromatic N) is 1. The third-order valence-electron chi connectivity index (χ3n) is 6.32. The van der Waals surface area contributed by atoms with Crippen LogP contribution in [0.15, 0.2) is 24.3 Å². The van der Waals surface area contributed by atoms with Gasteiger partial charge in [0.1, 0.15) is 12.3 Å². The molecule has 8 heteroatoms. The standard InChI is InChI=1S/C22H26N2O6/c25-17-10-22(8-1-9-22)24(21(29)19(17)20(28)23-11-18(26)27)12-14-4-6-16(7-5-14)30-13-15-2-3-15/h4-7,15,19H,1-3,8-13H2,(H,23,28)(H,26,27). The summed E-state index contributed by atoms with van der Waals surface area (Å²) < 4.78 is 5.75. The smallest absolute Gasteiger partial charge is 0.322 e. The van der Waals surface area contributed by atoms with E-state index in [0.29, 0.717) is 12.5 Å². The lowest BCUT2D eigenvalue weighted by atomic mass is 9.67. The summed E-state index contributed by atoms with van der Waals surface area (Å²) in [6.45, 7) is 0.406. The Labute approximate surface area is 174 Å². The number of amides is 2. The number of likely N-dealkylation sites (tertiary alicyclic amines) is 1. The summed E-state index contributed by atoms with van der Waals surface area (Å²) in [5, 5.41) is 10.9. The Balaban J connectivity index is 1.47. The van der Waals surface area contributed by atoms with E-state index in [1.165, 1.54) is 12.8 Å². The van der Waals surface area contributed by atoms with Gasteiger partial charge in [0.05, 0.1) is 12.1 Å². The van der Waals surface area contributed by atoms with Gasteiger partial charge in [-0.1, -0.05) is 12.1 Å². The number of hydrogen-bond acceptors (Lipinski definition) is 5. The summed E-state index contributed by atoms with van der Waals surface area (Å²) >= 11 is 0. The first kappa shape index (κ1) is 20.4. The second-order valence-electron chi connectivity index (χ2n) is 8.59. The zero-order valence-electron chi connectivity index (χ0n) is 16.8. The Kier molecular flexibility index (Phi) is 5.49. The van der Waals surface area contributed by atoms with Crippen molar-refractivity contribution in [2.75, 3.05) is 13.2 Å². The number of carboxylic acid groups (broad SMARTS) is 1. The minimum atomic E-state index is -1.48. The monoisotopic (exact) mass is 414 g/mol. The van der Waals surface area contributed by atoms with E-state index in [9.17, 15) is 19.2 Å². The van der Waals surface area contributed by atoms with Crippen molar-refractivity contribution in [3.8, 4) is 5.75 Å². The van der Waals surface area contributed by atoms with Gasteiger partial charge >= 0.3 is 5.97 Å². The number of hydrogen-bond donors (Lipinski definition) is 2. The summed E-state index contributed by atoms with van der Waals surface area (Å²) in [5.74, 6) is -3.06. The minimum absolute atomic E-state index is 0.131. The molecule has 8 nitrogen and oxygen atoms in total. The van der Waals surface area contributed by atoms with Gasteiger partial charge in [-0.15, -0.1) is 0 Å². The average molecular weight is 414 g/mol. The number of aliphatic carboxylic acids is 1. The lowest BCUT2D eigenvalue weighted by Gasteiger charge is -2.53. The molecule has 3 fully saturated rings. The highest BCUT2D eigenvalue weighted by molar-refractivity contribution is 6.20. The highest BCUT2D eigenvalue weighted by atomic mass is 16.5. The van der Waals surface area contributed by atoms with Crippen molar-refractivity contribution in [3.63, 3.8) is 0 Å². The molecule has 2 amide bonds. The summed E-state index contributed by atoms with van der Waals surface area (Å²) in [6, 6.07) is 7.55. The number of carbonyl (C=O) groups excluding carboxylic acids is 3. The quantitative estimate of drug-likeness (QED) is 0.624. The fourth-order valence-electron chi connectivity index (χ4n) is 4.22. The van der Waals surface area contributed by atoms with E-state index in [1.807, 2.05) is 24.3 Å². The molecule has 1 unspecified atom stereocenters. The lowest BCUT2D eigenvalue weighted by molar-refractivity contribution is -0.164. The highest BCUT2D eigenvalue weighted by Gasteiger charge is 2.55. The van der Waals surface area contributed by atoms with Crippen molar-refractivity contribution < 1.29 is 29.0 Å². The Bertz CT molecular complexity index is 857. The Morgan fingerprint density at radius 1 is 1.17 bits per heavy atom. The molecule has 0 radical (unpaired) electrons. The average Bonchev–Trinajstić information content (AvgIpc) is 3.51. The van der Waals surface area contributed by atoms with Gasteiger partial charge in [0.25, 0.3) is 0 Å². The van der Waals surface area contributed by atoms with Crippen molar-refractivity contribution in [2.24, 2.45) is 11.8 Å². The molecule has 4 rings (SSSR count). The van der Waals surface area contributed by atoms with E-state index < -0.39 is 41.6 Å². The number of rotatable bonds is 8. The first-order chi connectivity index (χ1) is 14.4. The third-order valence-corrected chi connectivity index (χ3v) is 6.32. The molecule has 160 valence electrons. The molecular weight excluding hydrogens is 388 g/mol. The van der Waals surface area contributed by atoms with Crippen LogP contribution in [0.2, 0.25) is 0 Å². The summed E-state index contributed by atoms with van der Waals surface area (Å²) in [4.78, 5) is 50.5. The molecule has 0 aromatic heterocycles. The number of carboxylic acids is 1. The molecule has 1 spiro atoms. The molecule has 2 saturated carbocycles. The van der Waals surface area contributed by atoms with E-state index in [1.54, 1.807) is 4.90 Å². The predicted molar refractivity (Wildman–Crippen MR) is 106 cm³/mol. The first-order valence-corrected chi connectivity index (χ1v) is 10.4. The van der Waals surface area contributed by atoms with E-state index in [-0.39, 0.29) is 6.42 Å². The Morgan fingerprint density at radius 2 is 1.87 bits per heavy atom. The third kappa shape index (κ3) is 4.17. The molecule has 1 saturated heterocycles. The first-order valence-electron chi connectivity index (χ1n) is 10.4. The number of ether oxygens (including phenoxy) is 1. The number of piperidine rings is 1. The summed E-state index contributed by atoms with van der Waals surface area (Å²) in [5.41, 5.74) is 0.367. The number of Topliss-reactive ketones (excluding diaryl/α,β-unsaturated/α-hetero) is 1. The van der Waals surface area contributed by atoms with Crippen LogP contribution in [-0.4, -0.2) is 52.3 Å². The maximum absolute atomic E-state index is 13.2. The van der Waals surface area contributed by atoms with Gasteiger partial charge in [0.2, 0.25) is 11.8 Å². The molecule has 30 heavy (non-hydrogen) atoms. The van der Waals surface area contributed by atoms with Crippen LogP contribution < -0.4 is 10.1 Å². The van der Waals surface area contributed by atoms with Crippen LogP contribution in [-0.2, 0) is 25.7 Å². The molecule has 1 atom stereocenters. The zero-order valence-corrected chi connectivity index (χ0v) is 16.8. The van der Waals surface area contributed by atoms with Gasteiger partial charge in [0.15, 0.2) is 11.7 Å². The van der Waals surface area contributed by atoms with Gasteiger partial charge in [-0.2, -0.15) is 0 Å². The van der Waals surface area contributed by atoms with Crippen LogP contribution in [0, 0.1) is 11.8 Å². The van der Waals surface area contributed by atoms with Crippen LogP contribution in [0.25, 0.3) is 0 Å². The number of nitrogens with one attached hydrogen (secondary N) is 1. The molecule has 1 aromatic carbocycles. The van der Waals surface area contributed by atoms with Crippen LogP contribution in [0.3, 0.4) is 0 Å². The van der Waals surface area contributed by atoms with Crippen LogP contribution in [0.4, 0.5) is 0 Å². The van der Waals surface area contributed by atoms with Gasteiger partial charge in [-0.05, 0) is 55.7 Å².